The van der Waals surface area contributed by atoms with E-state index in [1.165, 1.54) is 0 Å². The first-order valence-corrected chi connectivity index (χ1v) is 9.36. The van der Waals surface area contributed by atoms with Gasteiger partial charge in [0.1, 0.15) is 18.4 Å². The van der Waals surface area contributed by atoms with Crippen LogP contribution in [-0.2, 0) is 9.59 Å². The van der Waals surface area contributed by atoms with Gasteiger partial charge in [-0.05, 0) is 37.6 Å². The molecule has 5 nitrogen and oxygen atoms in total. The summed E-state index contributed by atoms with van der Waals surface area (Å²) in [6.07, 6.45) is 1.36. The van der Waals surface area contributed by atoms with Crippen LogP contribution in [0.15, 0.2) is 24.3 Å². The second-order valence-corrected chi connectivity index (χ2v) is 8.27. The Morgan fingerprint density at radius 3 is 2.88 bits per heavy atom. The Hall–Kier alpha value is -1.40. The van der Waals surface area contributed by atoms with Gasteiger partial charge in [0.25, 0.3) is 0 Å². The maximum Gasteiger partial charge on any atom is 0.246 e. The zero-order valence-electron chi connectivity index (χ0n) is 13.8. The minimum Gasteiger partial charge on any atom is -0.492 e. The van der Waals surface area contributed by atoms with E-state index in [2.05, 4.69) is 6.92 Å². The predicted molar refractivity (Wildman–Crippen MR) is 95.3 cm³/mol. The van der Waals surface area contributed by atoms with Crippen LogP contribution < -0.4 is 4.74 Å². The van der Waals surface area contributed by atoms with Gasteiger partial charge in [0.2, 0.25) is 11.8 Å². The number of ether oxygens (including phenoxy) is 1. The molecule has 0 N–H and O–H groups in total. The minimum absolute atomic E-state index is 0.0128. The first-order chi connectivity index (χ1) is 11.4. The predicted octanol–water partition coefficient (Wildman–Crippen LogP) is 2.63. The molecule has 0 radical (unpaired) electrons. The number of likely N-dealkylation sites (N-methyl/N-ethyl adjacent to an activating group) is 1. The van der Waals surface area contributed by atoms with E-state index in [4.69, 9.17) is 16.3 Å². The Labute approximate surface area is 151 Å². The molecule has 2 aliphatic heterocycles. The molecule has 0 bridgehead atoms. The third-order valence-electron chi connectivity index (χ3n) is 4.62. The molecule has 0 unspecified atom stereocenters. The summed E-state index contributed by atoms with van der Waals surface area (Å²) in [4.78, 5) is 28.1. The lowest BCUT2D eigenvalue weighted by Crippen LogP contribution is -2.51. The third-order valence-corrected chi connectivity index (χ3v) is 6.37. The number of halogens is 1. The summed E-state index contributed by atoms with van der Waals surface area (Å²) in [5.41, 5.74) is 0. The van der Waals surface area contributed by atoms with E-state index in [9.17, 15) is 9.59 Å². The van der Waals surface area contributed by atoms with Gasteiger partial charge in [0.05, 0.1) is 11.4 Å². The maximum absolute atomic E-state index is 12.7. The maximum atomic E-state index is 12.7. The van der Waals surface area contributed by atoms with Crippen molar-refractivity contribution in [2.24, 2.45) is 0 Å². The number of amides is 2. The van der Waals surface area contributed by atoms with Crippen LogP contribution in [0.3, 0.4) is 0 Å². The van der Waals surface area contributed by atoms with Crippen molar-refractivity contribution in [2.75, 3.05) is 26.0 Å². The standard InChI is InChI=1S/C17H21ClN2O3S/c1-17-8-7-15(21)20(17)14(11-24-17)16(22)19(2)9-10-23-13-5-3-12(18)4-6-13/h3-6,14H,7-11H2,1-2H3/t14-,17+/m0/s1. The number of carbonyl (C=O) groups excluding carboxylic acids is 2. The van der Waals surface area contributed by atoms with Crippen molar-refractivity contribution >= 4 is 35.2 Å². The lowest BCUT2D eigenvalue weighted by Gasteiger charge is -2.31. The summed E-state index contributed by atoms with van der Waals surface area (Å²) in [5, 5.41) is 0.659. The van der Waals surface area contributed by atoms with E-state index in [0.717, 1.165) is 12.2 Å². The number of nitrogens with zero attached hydrogens (tertiary/aromatic N) is 2. The highest BCUT2D eigenvalue weighted by atomic mass is 35.5. The molecule has 0 aliphatic carbocycles. The van der Waals surface area contributed by atoms with Crippen molar-refractivity contribution in [1.82, 2.24) is 9.80 Å². The van der Waals surface area contributed by atoms with Crippen LogP contribution >= 0.6 is 23.4 Å². The molecule has 2 saturated heterocycles. The number of carbonyl (C=O) groups is 2. The topological polar surface area (TPSA) is 49.9 Å². The van der Waals surface area contributed by atoms with Gasteiger partial charge in [0, 0.05) is 24.2 Å². The van der Waals surface area contributed by atoms with Crippen molar-refractivity contribution in [3.8, 4) is 5.75 Å². The molecule has 2 heterocycles. The Balaban J connectivity index is 1.53. The molecule has 1 aromatic carbocycles. The first-order valence-electron chi connectivity index (χ1n) is 8.00. The van der Waals surface area contributed by atoms with Crippen LogP contribution in [0.4, 0.5) is 0 Å². The molecule has 2 aliphatic rings. The second kappa shape index (κ2) is 6.84. The molecule has 0 spiro atoms. The van der Waals surface area contributed by atoms with Crippen LogP contribution in [0.2, 0.25) is 5.02 Å². The highest BCUT2D eigenvalue weighted by Gasteiger charge is 2.53. The molecule has 130 valence electrons. The van der Waals surface area contributed by atoms with Crippen molar-refractivity contribution in [3.63, 3.8) is 0 Å². The normalized spacial score (nSPS) is 25.7. The van der Waals surface area contributed by atoms with Crippen LogP contribution in [0, 0.1) is 0 Å². The fraction of sp³-hybridized carbons (Fsp3) is 0.529. The molecule has 2 fully saturated rings. The average Bonchev–Trinajstić information content (AvgIpc) is 3.05. The highest BCUT2D eigenvalue weighted by molar-refractivity contribution is 8.01. The van der Waals surface area contributed by atoms with Crippen LogP contribution in [0.25, 0.3) is 0 Å². The highest BCUT2D eigenvalue weighted by Crippen LogP contribution is 2.47. The van der Waals surface area contributed by atoms with Crippen molar-refractivity contribution < 1.29 is 14.3 Å². The number of hydrogen-bond acceptors (Lipinski definition) is 4. The van der Waals surface area contributed by atoms with E-state index in [1.807, 2.05) is 0 Å². The molecule has 7 heteroatoms. The average molecular weight is 369 g/mol. The lowest BCUT2D eigenvalue weighted by atomic mass is 10.2. The summed E-state index contributed by atoms with van der Waals surface area (Å²) in [6.45, 7) is 2.93. The van der Waals surface area contributed by atoms with Gasteiger partial charge < -0.3 is 14.5 Å². The molecular formula is C17H21ClN2O3S. The summed E-state index contributed by atoms with van der Waals surface area (Å²) < 4.78 is 5.63. The molecule has 1 aromatic rings. The lowest BCUT2D eigenvalue weighted by molar-refractivity contribution is -0.143. The quantitative estimate of drug-likeness (QED) is 0.801. The number of benzene rings is 1. The zero-order valence-corrected chi connectivity index (χ0v) is 15.4. The fourth-order valence-corrected chi connectivity index (χ4v) is 4.75. The Morgan fingerprint density at radius 1 is 1.46 bits per heavy atom. The minimum atomic E-state index is -0.351. The monoisotopic (exact) mass is 368 g/mol. The largest absolute Gasteiger partial charge is 0.492 e. The van der Waals surface area contributed by atoms with E-state index in [1.54, 1.807) is 52.9 Å². The van der Waals surface area contributed by atoms with Gasteiger partial charge in [-0.3, -0.25) is 9.59 Å². The summed E-state index contributed by atoms with van der Waals surface area (Å²) in [6, 6.07) is 6.77. The van der Waals surface area contributed by atoms with E-state index < -0.39 is 0 Å². The third kappa shape index (κ3) is 3.35. The van der Waals surface area contributed by atoms with E-state index in [-0.39, 0.29) is 22.7 Å². The summed E-state index contributed by atoms with van der Waals surface area (Å²) >= 11 is 7.54. The molecule has 0 aromatic heterocycles. The van der Waals surface area contributed by atoms with Gasteiger partial charge in [0.15, 0.2) is 0 Å². The van der Waals surface area contributed by atoms with Crippen LogP contribution in [-0.4, -0.2) is 58.5 Å². The first kappa shape index (κ1) is 17.4. The number of rotatable bonds is 5. The number of hydrogen-bond donors (Lipinski definition) is 0. The van der Waals surface area contributed by atoms with Gasteiger partial charge in [-0.2, -0.15) is 0 Å². The fourth-order valence-electron chi connectivity index (χ4n) is 3.20. The second-order valence-electron chi connectivity index (χ2n) is 6.33. The van der Waals surface area contributed by atoms with E-state index >= 15 is 0 Å². The SMILES string of the molecule is CN(CCOc1ccc(Cl)cc1)C(=O)[C@@H]1CS[C@]2(C)CCC(=O)N12. The van der Waals surface area contributed by atoms with Crippen molar-refractivity contribution in [3.05, 3.63) is 29.3 Å². The van der Waals surface area contributed by atoms with Gasteiger partial charge >= 0.3 is 0 Å². The van der Waals surface area contributed by atoms with Crippen LogP contribution in [0.1, 0.15) is 19.8 Å². The summed E-state index contributed by atoms with van der Waals surface area (Å²) in [7, 11) is 1.76. The molecule has 24 heavy (non-hydrogen) atoms. The van der Waals surface area contributed by atoms with Gasteiger partial charge in [-0.25, -0.2) is 0 Å². The Kier molecular flexibility index (Phi) is 4.97. The van der Waals surface area contributed by atoms with Crippen molar-refractivity contribution in [2.45, 2.75) is 30.7 Å². The summed E-state index contributed by atoms with van der Waals surface area (Å²) in [5.74, 6) is 1.47. The van der Waals surface area contributed by atoms with Crippen molar-refractivity contribution in [1.29, 1.82) is 0 Å². The Morgan fingerprint density at radius 2 is 2.17 bits per heavy atom. The van der Waals surface area contributed by atoms with Crippen LogP contribution in [0.5, 0.6) is 5.75 Å². The number of fused-ring (bicyclic) bond motifs is 1. The van der Waals surface area contributed by atoms with Gasteiger partial charge in [-0.15, -0.1) is 11.8 Å². The Bertz CT molecular complexity index is 639. The molecule has 3 rings (SSSR count). The molecule has 0 saturated carbocycles. The number of thioether (sulfide) groups is 1. The molecule has 2 atom stereocenters. The molecular weight excluding hydrogens is 348 g/mol. The van der Waals surface area contributed by atoms with Gasteiger partial charge in [-0.1, -0.05) is 11.6 Å². The van der Waals surface area contributed by atoms with E-state index in [0.29, 0.717) is 30.3 Å². The zero-order chi connectivity index (χ0) is 17.3. The smallest absolute Gasteiger partial charge is 0.246 e. The molecule has 2 amide bonds.